The Bertz CT molecular complexity index is 951. The van der Waals surface area contributed by atoms with Crippen LogP contribution in [0, 0.1) is 11.7 Å². The molecule has 0 radical (unpaired) electrons. The number of carbonyl (C=O) groups excluding carboxylic acids is 1. The Balaban J connectivity index is 1.70. The SMILES string of the molecule is CC(C)(C)OC(=O)N[C@H]1CCCC[C@@H]1CCn1ccc2cc(Br)c(F)cc2c1=O. The molecule has 0 saturated heterocycles. The van der Waals surface area contributed by atoms with Crippen LogP contribution in [0.5, 0.6) is 0 Å². The summed E-state index contributed by atoms with van der Waals surface area (Å²) in [4.78, 5) is 25.0. The van der Waals surface area contributed by atoms with E-state index in [4.69, 9.17) is 4.74 Å². The highest BCUT2D eigenvalue weighted by Gasteiger charge is 2.28. The summed E-state index contributed by atoms with van der Waals surface area (Å²) in [5.41, 5.74) is -0.724. The van der Waals surface area contributed by atoms with Gasteiger partial charge in [-0.25, -0.2) is 9.18 Å². The molecule has 1 heterocycles. The van der Waals surface area contributed by atoms with Gasteiger partial charge in [-0.1, -0.05) is 12.8 Å². The second-order valence-electron chi connectivity index (χ2n) is 8.75. The molecular formula is C22H28BrFN2O3. The van der Waals surface area contributed by atoms with Crippen molar-refractivity contribution in [2.75, 3.05) is 0 Å². The van der Waals surface area contributed by atoms with Crippen LogP contribution in [-0.4, -0.2) is 22.3 Å². The summed E-state index contributed by atoms with van der Waals surface area (Å²) in [6, 6.07) is 4.78. The monoisotopic (exact) mass is 466 g/mol. The highest BCUT2D eigenvalue weighted by atomic mass is 79.9. The van der Waals surface area contributed by atoms with Crippen LogP contribution in [0.3, 0.4) is 0 Å². The Hall–Kier alpha value is -1.89. The molecular weight excluding hydrogens is 439 g/mol. The second kappa shape index (κ2) is 8.86. The van der Waals surface area contributed by atoms with Gasteiger partial charge in [0.1, 0.15) is 11.4 Å². The van der Waals surface area contributed by atoms with E-state index in [1.165, 1.54) is 6.07 Å². The average molecular weight is 467 g/mol. The zero-order chi connectivity index (χ0) is 21.2. The molecule has 1 saturated carbocycles. The third kappa shape index (κ3) is 5.59. The van der Waals surface area contributed by atoms with Crippen molar-refractivity contribution in [3.63, 3.8) is 0 Å². The molecule has 3 rings (SSSR count). The van der Waals surface area contributed by atoms with Crippen molar-refractivity contribution in [3.8, 4) is 0 Å². The van der Waals surface area contributed by atoms with Crippen LogP contribution in [0.1, 0.15) is 52.9 Å². The van der Waals surface area contributed by atoms with E-state index < -0.39 is 17.5 Å². The van der Waals surface area contributed by atoms with Crippen LogP contribution in [0.15, 0.2) is 33.7 Å². The van der Waals surface area contributed by atoms with Gasteiger partial charge in [-0.3, -0.25) is 4.79 Å². The van der Waals surface area contributed by atoms with E-state index in [-0.39, 0.29) is 17.5 Å². The molecule has 0 bridgehead atoms. The van der Waals surface area contributed by atoms with E-state index in [0.717, 1.165) is 32.1 Å². The Morgan fingerprint density at radius 3 is 2.76 bits per heavy atom. The summed E-state index contributed by atoms with van der Waals surface area (Å²) in [5, 5.41) is 4.10. The first kappa shape index (κ1) is 21.8. The highest BCUT2D eigenvalue weighted by molar-refractivity contribution is 9.10. The number of nitrogens with zero attached hydrogens (tertiary/aromatic N) is 1. The molecule has 1 aliphatic carbocycles. The second-order valence-corrected chi connectivity index (χ2v) is 9.61. The number of fused-ring (bicyclic) bond motifs is 1. The van der Waals surface area contributed by atoms with Gasteiger partial charge in [-0.05, 0) is 85.5 Å². The lowest BCUT2D eigenvalue weighted by Crippen LogP contribution is -2.44. The fraction of sp³-hybridized carbons (Fsp3) is 0.545. The average Bonchev–Trinajstić information content (AvgIpc) is 2.62. The fourth-order valence-corrected chi connectivity index (χ4v) is 4.32. The predicted molar refractivity (Wildman–Crippen MR) is 116 cm³/mol. The molecule has 0 spiro atoms. The van der Waals surface area contributed by atoms with E-state index in [0.29, 0.717) is 21.8 Å². The lowest BCUT2D eigenvalue weighted by Gasteiger charge is -2.33. The van der Waals surface area contributed by atoms with Gasteiger partial charge >= 0.3 is 6.09 Å². The van der Waals surface area contributed by atoms with Gasteiger partial charge in [-0.15, -0.1) is 0 Å². The zero-order valence-electron chi connectivity index (χ0n) is 17.1. The molecule has 1 amide bonds. The first-order valence-corrected chi connectivity index (χ1v) is 10.9. The Kier molecular flexibility index (Phi) is 6.66. The minimum absolute atomic E-state index is 0.0446. The lowest BCUT2D eigenvalue weighted by atomic mass is 9.82. The summed E-state index contributed by atoms with van der Waals surface area (Å²) in [6.07, 6.45) is 6.24. The van der Waals surface area contributed by atoms with Crippen LogP contribution in [0.2, 0.25) is 0 Å². The third-order valence-corrected chi connectivity index (χ3v) is 5.98. The number of amides is 1. The molecule has 158 valence electrons. The number of alkyl carbamates (subject to hydrolysis) is 1. The van der Waals surface area contributed by atoms with Crippen molar-refractivity contribution in [1.82, 2.24) is 9.88 Å². The summed E-state index contributed by atoms with van der Waals surface area (Å²) >= 11 is 3.16. The number of hydrogen-bond donors (Lipinski definition) is 1. The molecule has 1 aromatic heterocycles. The summed E-state index contributed by atoms with van der Waals surface area (Å²) < 4.78 is 21.3. The standard InChI is InChI=1S/C22H28BrFN2O3/c1-22(2,3)29-21(28)25-19-7-5-4-6-14(19)8-10-26-11-9-15-12-17(23)18(24)13-16(15)20(26)27/h9,11-14,19H,4-8,10H2,1-3H3,(H,25,28)/t14-,19+/m1/s1. The molecule has 5 nitrogen and oxygen atoms in total. The quantitative estimate of drug-likeness (QED) is 0.657. The maximum atomic E-state index is 13.9. The topological polar surface area (TPSA) is 60.3 Å². The molecule has 0 aliphatic heterocycles. The molecule has 7 heteroatoms. The van der Waals surface area contributed by atoms with Crippen LogP contribution in [-0.2, 0) is 11.3 Å². The number of benzene rings is 1. The number of aryl methyl sites for hydroxylation is 1. The Labute approximate surface area is 178 Å². The number of rotatable bonds is 4. The molecule has 0 unspecified atom stereocenters. The van der Waals surface area contributed by atoms with Gasteiger partial charge in [0.05, 0.1) is 9.86 Å². The first-order chi connectivity index (χ1) is 13.6. The van der Waals surface area contributed by atoms with E-state index in [1.54, 1.807) is 16.8 Å². The molecule has 2 aromatic rings. The van der Waals surface area contributed by atoms with Gasteiger partial charge in [0, 0.05) is 18.8 Å². The normalized spacial score (nSPS) is 19.9. The van der Waals surface area contributed by atoms with Crippen molar-refractivity contribution in [2.24, 2.45) is 5.92 Å². The van der Waals surface area contributed by atoms with Gasteiger partial charge in [0.15, 0.2) is 0 Å². The van der Waals surface area contributed by atoms with E-state index in [9.17, 15) is 14.0 Å². The molecule has 2 atom stereocenters. The van der Waals surface area contributed by atoms with E-state index in [2.05, 4.69) is 21.2 Å². The zero-order valence-corrected chi connectivity index (χ0v) is 18.7. The smallest absolute Gasteiger partial charge is 0.407 e. The maximum absolute atomic E-state index is 13.9. The molecule has 1 aliphatic rings. The maximum Gasteiger partial charge on any atom is 0.407 e. The molecule has 1 N–H and O–H groups in total. The summed E-state index contributed by atoms with van der Waals surface area (Å²) in [7, 11) is 0. The number of ether oxygens (including phenoxy) is 1. The predicted octanol–water partition coefficient (Wildman–Crippen LogP) is 5.38. The fourth-order valence-electron chi connectivity index (χ4n) is 3.96. The van der Waals surface area contributed by atoms with Gasteiger partial charge in [0.2, 0.25) is 0 Å². The Morgan fingerprint density at radius 2 is 2.03 bits per heavy atom. The van der Waals surface area contributed by atoms with E-state index >= 15 is 0 Å². The number of halogens is 2. The third-order valence-electron chi connectivity index (χ3n) is 5.37. The van der Waals surface area contributed by atoms with Crippen molar-refractivity contribution in [3.05, 3.63) is 45.0 Å². The van der Waals surface area contributed by atoms with Crippen molar-refractivity contribution < 1.29 is 13.9 Å². The number of aromatic nitrogens is 1. The van der Waals surface area contributed by atoms with Crippen molar-refractivity contribution in [2.45, 2.75) is 71.1 Å². The van der Waals surface area contributed by atoms with Crippen LogP contribution < -0.4 is 10.9 Å². The van der Waals surface area contributed by atoms with Crippen LogP contribution in [0.4, 0.5) is 9.18 Å². The van der Waals surface area contributed by atoms with E-state index in [1.807, 2.05) is 26.8 Å². The molecule has 1 aromatic carbocycles. The van der Waals surface area contributed by atoms with Crippen LogP contribution >= 0.6 is 15.9 Å². The molecule has 29 heavy (non-hydrogen) atoms. The van der Waals surface area contributed by atoms with Crippen molar-refractivity contribution in [1.29, 1.82) is 0 Å². The molecule has 1 fully saturated rings. The number of hydrogen-bond acceptors (Lipinski definition) is 3. The van der Waals surface area contributed by atoms with Gasteiger partial charge in [-0.2, -0.15) is 0 Å². The summed E-state index contributed by atoms with van der Waals surface area (Å²) in [6.45, 7) is 6.07. The highest BCUT2D eigenvalue weighted by Crippen LogP contribution is 2.28. The first-order valence-electron chi connectivity index (χ1n) is 10.1. The minimum Gasteiger partial charge on any atom is -0.444 e. The largest absolute Gasteiger partial charge is 0.444 e. The number of carbonyl (C=O) groups is 1. The van der Waals surface area contributed by atoms with Crippen LogP contribution in [0.25, 0.3) is 10.8 Å². The summed E-state index contributed by atoms with van der Waals surface area (Å²) in [5.74, 6) is -0.165. The van der Waals surface area contributed by atoms with Gasteiger partial charge < -0.3 is 14.6 Å². The number of nitrogens with one attached hydrogen (secondary N) is 1. The Morgan fingerprint density at radius 1 is 1.31 bits per heavy atom. The number of pyridine rings is 1. The van der Waals surface area contributed by atoms with Crippen molar-refractivity contribution >= 4 is 32.8 Å². The minimum atomic E-state index is -0.531. The van der Waals surface area contributed by atoms with Gasteiger partial charge in [0.25, 0.3) is 5.56 Å². The lowest BCUT2D eigenvalue weighted by molar-refractivity contribution is 0.0465.